The molecule has 3 rings (SSSR count). The molecule has 0 saturated carbocycles. The van der Waals surface area contributed by atoms with Gasteiger partial charge in [-0.2, -0.15) is 10.1 Å². The molecule has 20 heavy (non-hydrogen) atoms. The summed E-state index contributed by atoms with van der Waals surface area (Å²) in [5.74, 6) is -1.64. The second-order valence-electron chi connectivity index (χ2n) is 3.79. The maximum Gasteiger partial charge on any atom is 0.252 e. The summed E-state index contributed by atoms with van der Waals surface area (Å²) in [6.07, 6.45) is 0. The third kappa shape index (κ3) is 1.33. The highest BCUT2D eigenvalue weighted by Gasteiger charge is 2.54. The standard InChI is InChI=1S/C6H6N8O6/c15-11-3-4(8-1-7-3)12(16)6-5(11)9(13(17)18)2-10(6)14(19)20/h15-16H,1-2H2. The average Bonchev–Trinajstić information content (AvgIpc) is 3.00. The summed E-state index contributed by atoms with van der Waals surface area (Å²) in [6, 6.07) is 0. The minimum absolute atomic E-state index is 0.115. The van der Waals surface area contributed by atoms with E-state index in [1.807, 2.05) is 0 Å². The second-order valence-corrected chi connectivity index (χ2v) is 3.79. The zero-order valence-electron chi connectivity index (χ0n) is 9.52. The minimum atomic E-state index is -0.951. The molecular formula is C6H6N8O6. The second kappa shape index (κ2) is 3.75. The van der Waals surface area contributed by atoms with Gasteiger partial charge in [-0.1, -0.05) is 0 Å². The summed E-state index contributed by atoms with van der Waals surface area (Å²) < 4.78 is 0. The minimum Gasteiger partial charge on any atom is -0.280 e. The summed E-state index contributed by atoms with van der Waals surface area (Å²) in [7, 11) is 0. The van der Waals surface area contributed by atoms with Crippen molar-refractivity contribution in [3.05, 3.63) is 31.9 Å². The van der Waals surface area contributed by atoms with E-state index in [4.69, 9.17) is 0 Å². The zero-order valence-corrected chi connectivity index (χ0v) is 9.52. The average molecular weight is 286 g/mol. The van der Waals surface area contributed by atoms with Gasteiger partial charge in [-0.25, -0.2) is 30.2 Å². The summed E-state index contributed by atoms with van der Waals surface area (Å²) in [6.45, 7) is -0.907. The lowest BCUT2D eigenvalue weighted by Gasteiger charge is -2.29. The predicted molar refractivity (Wildman–Crippen MR) is 56.5 cm³/mol. The van der Waals surface area contributed by atoms with Crippen molar-refractivity contribution in [1.29, 1.82) is 0 Å². The molecule has 0 aromatic carbocycles. The Balaban J connectivity index is 2.17. The first-order chi connectivity index (χ1) is 9.43. The first-order valence-corrected chi connectivity index (χ1v) is 5.08. The molecule has 3 aliphatic rings. The Bertz CT molecular complexity index is 561. The number of aliphatic imine (C=N–C) groups is 2. The maximum absolute atomic E-state index is 10.9. The van der Waals surface area contributed by atoms with E-state index < -0.39 is 28.4 Å². The molecule has 0 bridgehead atoms. The van der Waals surface area contributed by atoms with Gasteiger partial charge in [0.05, 0.1) is 0 Å². The number of amidine groups is 2. The fourth-order valence-corrected chi connectivity index (χ4v) is 1.99. The maximum atomic E-state index is 10.9. The van der Waals surface area contributed by atoms with Crippen LogP contribution in [0.15, 0.2) is 21.6 Å². The van der Waals surface area contributed by atoms with Crippen LogP contribution in [0.5, 0.6) is 0 Å². The molecule has 0 atom stereocenters. The molecule has 0 saturated heterocycles. The fourth-order valence-electron chi connectivity index (χ4n) is 1.99. The molecule has 0 fully saturated rings. The number of nitro groups is 2. The summed E-state index contributed by atoms with van der Waals surface area (Å²) in [5.41, 5.74) is 0. The predicted octanol–water partition coefficient (Wildman–Crippen LogP) is -1.76. The molecule has 2 N–H and O–H groups in total. The number of nitrogens with zero attached hydrogens (tertiary/aromatic N) is 8. The Morgan fingerprint density at radius 1 is 0.950 bits per heavy atom. The van der Waals surface area contributed by atoms with Gasteiger partial charge in [0, 0.05) is 0 Å². The summed E-state index contributed by atoms with van der Waals surface area (Å²) >= 11 is 0. The fraction of sp³-hybridized carbons (Fsp3) is 0.333. The van der Waals surface area contributed by atoms with E-state index in [0.717, 1.165) is 0 Å². The molecule has 14 nitrogen and oxygen atoms in total. The van der Waals surface area contributed by atoms with Gasteiger partial charge in [-0.05, 0) is 10.0 Å². The highest BCUT2D eigenvalue weighted by Crippen LogP contribution is 2.32. The van der Waals surface area contributed by atoms with Crippen LogP contribution in [0.25, 0.3) is 0 Å². The van der Waals surface area contributed by atoms with Crippen molar-refractivity contribution < 1.29 is 20.5 Å². The van der Waals surface area contributed by atoms with Crippen LogP contribution in [0.4, 0.5) is 0 Å². The van der Waals surface area contributed by atoms with Crippen molar-refractivity contribution in [2.24, 2.45) is 9.98 Å². The van der Waals surface area contributed by atoms with Gasteiger partial charge in [0.25, 0.3) is 11.6 Å². The Kier molecular flexibility index (Phi) is 2.26. The molecule has 0 amide bonds. The van der Waals surface area contributed by atoms with Crippen LogP contribution in [-0.2, 0) is 0 Å². The third-order valence-corrected chi connectivity index (χ3v) is 2.79. The van der Waals surface area contributed by atoms with Gasteiger partial charge < -0.3 is 0 Å². The monoisotopic (exact) mass is 286 g/mol. The molecule has 0 aromatic heterocycles. The van der Waals surface area contributed by atoms with Crippen molar-refractivity contribution in [3.63, 3.8) is 0 Å². The lowest BCUT2D eigenvalue weighted by Crippen LogP contribution is -2.50. The quantitative estimate of drug-likeness (QED) is 0.438. The highest BCUT2D eigenvalue weighted by atomic mass is 16.7. The zero-order chi connectivity index (χ0) is 14.6. The van der Waals surface area contributed by atoms with Crippen LogP contribution < -0.4 is 0 Å². The van der Waals surface area contributed by atoms with E-state index in [2.05, 4.69) is 9.98 Å². The molecule has 3 aliphatic heterocycles. The lowest BCUT2D eigenvalue weighted by molar-refractivity contribution is -0.690. The number of hydroxylamine groups is 4. The number of hydrogen-bond acceptors (Lipinski definition) is 10. The van der Waals surface area contributed by atoms with Crippen molar-refractivity contribution >= 4 is 11.7 Å². The van der Waals surface area contributed by atoms with Crippen molar-refractivity contribution in [1.82, 2.24) is 20.1 Å². The van der Waals surface area contributed by atoms with E-state index in [-0.39, 0.29) is 18.3 Å². The van der Waals surface area contributed by atoms with Gasteiger partial charge in [-0.15, -0.1) is 0 Å². The van der Waals surface area contributed by atoms with Crippen LogP contribution in [0.1, 0.15) is 0 Å². The van der Waals surface area contributed by atoms with Crippen LogP contribution in [0.2, 0.25) is 0 Å². The first-order valence-electron chi connectivity index (χ1n) is 5.08. The van der Waals surface area contributed by atoms with E-state index in [1.54, 1.807) is 0 Å². The van der Waals surface area contributed by atoms with Crippen LogP contribution >= 0.6 is 0 Å². The SMILES string of the molecule is O=[N+]([O-])N1CN([N+](=O)[O-])C2=C1N(O)C1=NCN=C1N2O. The van der Waals surface area contributed by atoms with E-state index in [0.29, 0.717) is 20.1 Å². The summed E-state index contributed by atoms with van der Waals surface area (Å²) in [4.78, 5) is 29.3. The molecule has 106 valence electrons. The lowest BCUT2D eigenvalue weighted by atomic mass is 10.4. The largest absolute Gasteiger partial charge is 0.280 e. The first kappa shape index (κ1) is 12.1. The van der Waals surface area contributed by atoms with E-state index in [9.17, 15) is 30.6 Å². The molecule has 0 unspecified atom stereocenters. The van der Waals surface area contributed by atoms with Gasteiger partial charge in [0.1, 0.15) is 6.67 Å². The van der Waals surface area contributed by atoms with E-state index >= 15 is 0 Å². The van der Waals surface area contributed by atoms with Gasteiger partial charge >= 0.3 is 0 Å². The van der Waals surface area contributed by atoms with Crippen molar-refractivity contribution in [2.75, 3.05) is 13.3 Å². The Labute approximate surface area is 108 Å². The Morgan fingerprint density at radius 2 is 1.35 bits per heavy atom. The number of rotatable bonds is 2. The number of hydrazine groups is 2. The third-order valence-electron chi connectivity index (χ3n) is 2.79. The van der Waals surface area contributed by atoms with Crippen molar-refractivity contribution in [3.8, 4) is 0 Å². The Morgan fingerprint density at radius 3 is 1.70 bits per heavy atom. The van der Waals surface area contributed by atoms with Crippen LogP contribution in [0, 0.1) is 20.2 Å². The van der Waals surface area contributed by atoms with Gasteiger partial charge in [0.2, 0.25) is 18.3 Å². The highest BCUT2D eigenvalue weighted by molar-refractivity contribution is 6.41. The molecule has 14 heteroatoms. The molecule has 3 heterocycles. The van der Waals surface area contributed by atoms with Crippen molar-refractivity contribution in [2.45, 2.75) is 0 Å². The number of fused-ring (bicyclic) bond motifs is 1. The molecular weight excluding hydrogens is 280 g/mol. The molecule has 0 spiro atoms. The topological polar surface area (TPSA) is 164 Å². The van der Waals surface area contributed by atoms with E-state index in [1.165, 1.54) is 0 Å². The smallest absolute Gasteiger partial charge is 0.252 e. The van der Waals surface area contributed by atoms with Gasteiger partial charge in [-0.3, -0.25) is 10.4 Å². The molecule has 0 aliphatic carbocycles. The normalized spacial score (nSPS) is 20.9. The Hall–Kier alpha value is -3.00. The number of hydrogen-bond donors (Lipinski definition) is 2. The van der Waals surface area contributed by atoms with Crippen LogP contribution in [-0.4, -0.2) is 65.6 Å². The van der Waals surface area contributed by atoms with Crippen LogP contribution in [0.3, 0.4) is 0 Å². The summed E-state index contributed by atoms with van der Waals surface area (Å²) in [5, 5.41) is 40.9. The molecule has 0 radical (unpaired) electrons. The van der Waals surface area contributed by atoms with Gasteiger partial charge in [0.15, 0.2) is 10.1 Å². The molecule has 0 aromatic rings.